The Kier molecular flexibility index (Phi) is 6.54. The molecule has 0 amide bonds. The third-order valence-corrected chi connectivity index (χ3v) is 6.77. The number of methoxy groups -OCH3 is 1. The fraction of sp³-hybridized carbons (Fsp3) is 0.440. The van der Waals surface area contributed by atoms with E-state index in [-0.39, 0.29) is 0 Å². The van der Waals surface area contributed by atoms with Gasteiger partial charge >= 0.3 is 0 Å². The van der Waals surface area contributed by atoms with E-state index in [1.54, 1.807) is 25.6 Å². The SMILES string of the molecule is CCC[C@@H]1C[C@H](N(C)c2ncc(-c3ccc(-c4cc(OC)ncn4)c4[nH]ncc34)nn2)C[C@H](C)N1. The molecular weight excluding hydrogens is 442 g/mol. The third kappa shape index (κ3) is 4.66. The van der Waals surface area contributed by atoms with E-state index in [9.17, 15) is 0 Å². The van der Waals surface area contributed by atoms with Crippen LogP contribution in [0, 0.1) is 0 Å². The summed E-state index contributed by atoms with van der Waals surface area (Å²) in [6.45, 7) is 4.49. The molecule has 1 fully saturated rings. The van der Waals surface area contributed by atoms with Crippen LogP contribution < -0.4 is 15.0 Å². The highest BCUT2D eigenvalue weighted by Gasteiger charge is 2.29. The van der Waals surface area contributed by atoms with Gasteiger partial charge in [-0.05, 0) is 32.3 Å². The first-order chi connectivity index (χ1) is 17.1. The van der Waals surface area contributed by atoms with Crippen LogP contribution in [-0.4, -0.2) is 67.6 Å². The molecule has 0 bridgehead atoms. The second-order valence-corrected chi connectivity index (χ2v) is 9.20. The van der Waals surface area contributed by atoms with Crippen molar-refractivity contribution in [1.29, 1.82) is 0 Å². The monoisotopic (exact) mass is 473 g/mol. The molecule has 1 aliphatic rings. The standard InChI is InChI=1S/C25H31N9O/c1-5-6-16-10-17(9-15(2)30-16)34(3)25-26-13-22(31-33-25)18-7-8-19(24-20(18)12-29-32-24)21-11-23(35-4)28-14-27-21/h7-8,11-17,30H,5-6,9-10H2,1-4H3,(H,29,32)/t15-,16+,17+/m0/s1. The summed E-state index contributed by atoms with van der Waals surface area (Å²) < 4.78 is 5.25. The fourth-order valence-corrected chi connectivity index (χ4v) is 5.03. The molecule has 3 atom stereocenters. The lowest BCUT2D eigenvalue weighted by molar-refractivity contribution is 0.284. The lowest BCUT2D eigenvalue weighted by Gasteiger charge is -2.39. The molecule has 4 heterocycles. The molecule has 1 aliphatic heterocycles. The first kappa shape index (κ1) is 23.1. The van der Waals surface area contributed by atoms with Gasteiger partial charge in [-0.15, -0.1) is 10.2 Å². The van der Waals surface area contributed by atoms with Crippen LogP contribution in [0.1, 0.15) is 39.5 Å². The number of nitrogens with zero attached hydrogens (tertiary/aromatic N) is 7. The molecule has 5 rings (SSSR count). The number of aromatic nitrogens is 7. The quantitative estimate of drug-likeness (QED) is 0.415. The lowest BCUT2D eigenvalue weighted by atomic mass is 9.91. The van der Waals surface area contributed by atoms with Gasteiger partial charge in [0.25, 0.3) is 0 Å². The largest absolute Gasteiger partial charge is 0.481 e. The third-order valence-electron chi connectivity index (χ3n) is 6.77. The maximum absolute atomic E-state index is 5.25. The topological polar surface area (TPSA) is 118 Å². The zero-order valence-corrected chi connectivity index (χ0v) is 20.6. The molecule has 0 saturated carbocycles. The number of anilines is 1. The Labute approximate surface area is 204 Å². The minimum atomic E-state index is 0.389. The number of fused-ring (bicyclic) bond motifs is 1. The zero-order valence-electron chi connectivity index (χ0n) is 20.6. The molecule has 35 heavy (non-hydrogen) atoms. The van der Waals surface area contributed by atoms with Gasteiger partial charge in [-0.25, -0.2) is 15.0 Å². The number of hydrogen-bond donors (Lipinski definition) is 2. The van der Waals surface area contributed by atoms with E-state index in [4.69, 9.17) is 4.74 Å². The average molecular weight is 474 g/mol. The van der Waals surface area contributed by atoms with Gasteiger partial charge in [0.05, 0.1) is 30.7 Å². The fourth-order valence-electron chi connectivity index (χ4n) is 5.03. The van der Waals surface area contributed by atoms with Crippen LogP contribution in [-0.2, 0) is 0 Å². The van der Waals surface area contributed by atoms with Gasteiger partial charge in [0.1, 0.15) is 12.0 Å². The van der Waals surface area contributed by atoms with Gasteiger partial charge < -0.3 is 15.0 Å². The van der Waals surface area contributed by atoms with Crippen LogP contribution >= 0.6 is 0 Å². The molecule has 0 aliphatic carbocycles. The Bertz CT molecular complexity index is 1290. The van der Waals surface area contributed by atoms with Gasteiger partial charge in [0, 0.05) is 47.8 Å². The van der Waals surface area contributed by atoms with Crippen LogP contribution in [0.25, 0.3) is 33.4 Å². The summed E-state index contributed by atoms with van der Waals surface area (Å²) in [6, 6.07) is 7.19. The predicted octanol–water partition coefficient (Wildman–Crippen LogP) is 3.63. The number of nitrogens with one attached hydrogen (secondary N) is 2. The average Bonchev–Trinajstić information content (AvgIpc) is 3.38. The van der Waals surface area contributed by atoms with Crippen molar-refractivity contribution in [2.24, 2.45) is 0 Å². The predicted molar refractivity (Wildman–Crippen MR) is 135 cm³/mol. The van der Waals surface area contributed by atoms with Crippen molar-refractivity contribution in [3.63, 3.8) is 0 Å². The highest BCUT2D eigenvalue weighted by atomic mass is 16.5. The molecule has 0 radical (unpaired) electrons. The van der Waals surface area contributed by atoms with Crippen molar-refractivity contribution in [3.05, 3.63) is 36.9 Å². The van der Waals surface area contributed by atoms with Crippen molar-refractivity contribution in [2.45, 2.75) is 57.7 Å². The summed E-state index contributed by atoms with van der Waals surface area (Å²) in [5.74, 6) is 1.15. The van der Waals surface area contributed by atoms with E-state index in [0.29, 0.717) is 35.6 Å². The summed E-state index contributed by atoms with van der Waals surface area (Å²) in [4.78, 5) is 15.4. The lowest BCUT2D eigenvalue weighted by Crippen LogP contribution is -2.51. The van der Waals surface area contributed by atoms with Crippen molar-refractivity contribution in [2.75, 3.05) is 19.1 Å². The summed E-state index contributed by atoms with van der Waals surface area (Å²) in [7, 11) is 3.66. The summed E-state index contributed by atoms with van der Waals surface area (Å²) in [6.07, 6.45) is 9.59. The highest BCUT2D eigenvalue weighted by Crippen LogP contribution is 2.33. The van der Waals surface area contributed by atoms with Crippen molar-refractivity contribution < 1.29 is 4.74 Å². The van der Waals surface area contributed by atoms with Crippen LogP contribution in [0.3, 0.4) is 0 Å². The Morgan fingerprint density at radius 3 is 2.69 bits per heavy atom. The van der Waals surface area contributed by atoms with E-state index in [2.05, 4.69) is 66.5 Å². The summed E-state index contributed by atoms with van der Waals surface area (Å²) >= 11 is 0. The van der Waals surface area contributed by atoms with Crippen LogP contribution in [0.4, 0.5) is 5.95 Å². The van der Waals surface area contributed by atoms with Gasteiger partial charge in [-0.3, -0.25) is 5.10 Å². The molecule has 10 nitrogen and oxygen atoms in total. The van der Waals surface area contributed by atoms with E-state index >= 15 is 0 Å². The summed E-state index contributed by atoms with van der Waals surface area (Å²) in [5, 5.41) is 21.0. The van der Waals surface area contributed by atoms with Gasteiger partial charge in [-0.1, -0.05) is 19.4 Å². The number of ether oxygens (including phenoxy) is 1. The Morgan fingerprint density at radius 1 is 1.06 bits per heavy atom. The van der Waals surface area contributed by atoms with Gasteiger partial charge in [0.15, 0.2) is 0 Å². The Balaban J connectivity index is 1.41. The van der Waals surface area contributed by atoms with E-state index in [1.807, 2.05) is 12.1 Å². The van der Waals surface area contributed by atoms with Gasteiger partial charge in [-0.2, -0.15) is 5.10 Å². The van der Waals surface area contributed by atoms with E-state index < -0.39 is 0 Å². The Hall–Kier alpha value is -3.66. The molecular formula is C25H31N9O. The second kappa shape index (κ2) is 9.91. The number of benzene rings is 1. The normalized spacial score (nSPS) is 20.2. The molecule has 0 spiro atoms. The molecule has 1 aromatic carbocycles. The van der Waals surface area contributed by atoms with Crippen LogP contribution in [0.2, 0.25) is 0 Å². The number of piperidine rings is 1. The van der Waals surface area contributed by atoms with Crippen molar-refractivity contribution >= 4 is 16.9 Å². The minimum absolute atomic E-state index is 0.389. The molecule has 3 aromatic heterocycles. The van der Waals surface area contributed by atoms with Crippen molar-refractivity contribution in [1.82, 2.24) is 40.7 Å². The maximum atomic E-state index is 5.25. The van der Waals surface area contributed by atoms with E-state index in [0.717, 1.165) is 40.6 Å². The molecule has 10 heteroatoms. The molecule has 182 valence electrons. The molecule has 2 N–H and O–H groups in total. The van der Waals surface area contributed by atoms with Crippen LogP contribution in [0.5, 0.6) is 5.88 Å². The first-order valence-electron chi connectivity index (χ1n) is 12.1. The van der Waals surface area contributed by atoms with Gasteiger partial charge in [0.2, 0.25) is 11.8 Å². The Morgan fingerprint density at radius 2 is 1.91 bits per heavy atom. The molecule has 1 saturated heterocycles. The molecule has 4 aromatic rings. The van der Waals surface area contributed by atoms with E-state index in [1.165, 1.54) is 19.2 Å². The van der Waals surface area contributed by atoms with Crippen molar-refractivity contribution in [3.8, 4) is 28.4 Å². The smallest absolute Gasteiger partial charge is 0.245 e. The molecule has 0 unspecified atom stereocenters. The number of hydrogen-bond acceptors (Lipinski definition) is 9. The highest BCUT2D eigenvalue weighted by molar-refractivity contribution is 6.01. The maximum Gasteiger partial charge on any atom is 0.245 e. The zero-order chi connectivity index (χ0) is 24.4. The summed E-state index contributed by atoms with van der Waals surface area (Å²) in [5.41, 5.74) is 4.11. The first-order valence-corrected chi connectivity index (χ1v) is 12.1. The second-order valence-electron chi connectivity index (χ2n) is 9.20. The minimum Gasteiger partial charge on any atom is -0.481 e. The number of H-pyrrole nitrogens is 1. The number of rotatable bonds is 7. The van der Waals surface area contributed by atoms with Crippen LogP contribution in [0.15, 0.2) is 36.9 Å². The number of aromatic amines is 1.